The summed E-state index contributed by atoms with van der Waals surface area (Å²) in [6.07, 6.45) is 7.21. The van der Waals surface area contributed by atoms with Crippen LogP contribution in [0, 0.1) is 0 Å². The van der Waals surface area contributed by atoms with E-state index in [1.54, 1.807) is 24.5 Å². The smallest absolute Gasteiger partial charge is 0.129 e. The quantitative estimate of drug-likeness (QED) is 0.846. The molecule has 2 aromatic rings. The van der Waals surface area contributed by atoms with Crippen LogP contribution in [0.25, 0.3) is 12.2 Å². The van der Waals surface area contributed by atoms with Gasteiger partial charge in [0.15, 0.2) is 0 Å². The van der Waals surface area contributed by atoms with Crippen molar-refractivity contribution in [1.29, 1.82) is 0 Å². The minimum Gasteiger partial charge on any atom is -0.345 e. The number of aromatic nitrogens is 2. The van der Waals surface area contributed by atoms with Gasteiger partial charge in [-0.15, -0.1) is 0 Å². The van der Waals surface area contributed by atoms with Gasteiger partial charge in [0.2, 0.25) is 0 Å². The van der Waals surface area contributed by atoms with Crippen LogP contribution < -0.4 is 0 Å². The molecule has 0 radical (unpaired) electrons. The third-order valence-electron chi connectivity index (χ3n) is 1.90. The molecule has 1 heterocycles. The van der Waals surface area contributed by atoms with Gasteiger partial charge in [0.1, 0.15) is 5.82 Å². The third-order valence-corrected chi connectivity index (χ3v) is 2.47. The molecule has 0 bridgehead atoms. The molecule has 1 aromatic carbocycles. The van der Waals surface area contributed by atoms with Crippen LogP contribution in [0.15, 0.2) is 30.6 Å². The van der Waals surface area contributed by atoms with Gasteiger partial charge < -0.3 is 4.98 Å². The molecular weight excluding hydrogens is 231 g/mol. The summed E-state index contributed by atoms with van der Waals surface area (Å²) in [5.41, 5.74) is 0.914. The summed E-state index contributed by atoms with van der Waals surface area (Å²) in [4.78, 5) is 7.04. The van der Waals surface area contributed by atoms with E-state index in [0.717, 1.165) is 11.4 Å². The number of rotatable bonds is 2. The molecule has 0 amide bonds. The number of hydrogen-bond donors (Lipinski definition) is 1. The SMILES string of the molecule is Clc1ccc(/C=C/c2ncc[nH]2)c(Cl)c1. The predicted octanol–water partition coefficient (Wildman–Crippen LogP) is 3.89. The fourth-order valence-corrected chi connectivity index (χ4v) is 1.65. The lowest BCUT2D eigenvalue weighted by Gasteiger charge is -1.97. The predicted molar refractivity (Wildman–Crippen MR) is 64.0 cm³/mol. The molecule has 0 spiro atoms. The first kappa shape index (κ1) is 10.3. The fourth-order valence-electron chi connectivity index (χ4n) is 1.17. The van der Waals surface area contributed by atoms with Crippen LogP contribution in [-0.2, 0) is 0 Å². The average Bonchev–Trinajstić information content (AvgIpc) is 2.69. The number of benzene rings is 1. The molecule has 0 aliphatic rings. The molecule has 0 fully saturated rings. The first-order valence-corrected chi connectivity index (χ1v) is 5.14. The summed E-state index contributed by atoms with van der Waals surface area (Å²) < 4.78 is 0. The van der Waals surface area contributed by atoms with Crippen LogP contribution in [0.3, 0.4) is 0 Å². The Balaban J connectivity index is 2.24. The monoisotopic (exact) mass is 238 g/mol. The summed E-state index contributed by atoms with van der Waals surface area (Å²) >= 11 is 11.8. The Hall–Kier alpha value is -1.25. The minimum absolute atomic E-state index is 0.630. The van der Waals surface area contributed by atoms with Gasteiger partial charge in [-0.05, 0) is 29.8 Å². The second-order valence-corrected chi connectivity index (χ2v) is 3.82. The van der Waals surface area contributed by atoms with Gasteiger partial charge in [0.25, 0.3) is 0 Å². The molecule has 76 valence electrons. The van der Waals surface area contributed by atoms with Crippen molar-refractivity contribution in [2.45, 2.75) is 0 Å². The molecule has 4 heteroatoms. The number of nitrogens with zero attached hydrogens (tertiary/aromatic N) is 1. The Bertz CT molecular complexity index is 475. The number of imidazole rings is 1. The Morgan fingerprint density at radius 1 is 1.20 bits per heavy atom. The molecule has 2 nitrogen and oxygen atoms in total. The zero-order valence-electron chi connectivity index (χ0n) is 7.74. The molecular formula is C11H8Cl2N2. The van der Waals surface area contributed by atoms with E-state index in [9.17, 15) is 0 Å². The maximum atomic E-state index is 6.00. The van der Waals surface area contributed by atoms with E-state index >= 15 is 0 Å². The molecule has 0 aliphatic carbocycles. The topological polar surface area (TPSA) is 28.7 Å². The van der Waals surface area contributed by atoms with Crippen LogP contribution in [0.5, 0.6) is 0 Å². The normalized spacial score (nSPS) is 11.1. The highest BCUT2D eigenvalue weighted by molar-refractivity contribution is 6.35. The highest BCUT2D eigenvalue weighted by atomic mass is 35.5. The van der Waals surface area contributed by atoms with Gasteiger partial charge in [0, 0.05) is 22.4 Å². The molecule has 0 aliphatic heterocycles. The summed E-state index contributed by atoms with van der Waals surface area (Å²) in [5.74, 6) is 0.793. The van der Waals surface area contributed by atoms with E-state index in [4.69, 9.17) is 23.2 Å². The van der Waals surface area contributed by atoms with Crippen molar-refractivity contribution >= 4 is 35.4 Å². The maximum absolute atomic E-state index is 6.00. The Kier molecular flexibility index (Phi) is 3.09. The highest BCUT2D eigenvalue weighted by Crippen LogP contribution is 2.22. The van der Waals surface area contributed by atoms with E-state index in [-0.39, 0.29) is 0 Å². The summed E-state index contributed by atoms with van der Waals surface area (Å²) in [6, 6.07) is 5.38. The van der Waals surface area contributed by atoms with Crippen molar-refractivity contribution < 1.29 is 0 Å². The third kappa shape index (κ3) is 2.61. The van der Waals surface area contributed by atoms with Gasteiger partial charge in [-0.3, -0.25) is 0 Å². The molecule has 0 unspecified atom stereocenters. The molecule has 15 heavy (non-hydrogen) atoms. The van der Waals surface area contributed by atoms with E-state index in [1.807, 2.05) is 18.2 Å². The lowest BCUT2D eigenvalue weighted by Crippen LogP contribution is -1.76. The number of H-pyrrole nitrogens is 1. The lowest BCUT2D eigenvalue weighted by molar-refractivity contribution is 1.27. The molecule has 0 atom stereocenters. The van der Waals surface area contributed by atoms with E-state index in [2.05, 4.69) is 9.97 Å². The van der Waals surface area contributed by atoms with Crippen molar-refractivity contribution in [3.63, 3.8) is 0 Å². The highest BCUT2D eigenvalue weighted by Gasteiger charge is 1.97. The van der Waals surface area contributed by atoms with Crippen LogP contribution in [0.4, 0.5) is 0 Å². The first-order chi connectivity index (χ1) is 7.25. The van der Waals surface area contributed by atoms with Crippen LogP contribution in [0.2, 0.25) is 10.0 Å². The first-order valence-electron chi connectivity index (χ1n) is 4.38. The molecule has 1 aromatic heterocycles. The fraction of sp³-hybridized carbons (Fsp3) is 0. The molecule has 0 saturated carbocycles. The van der Waals surface area contributed by atoms with Gasteiger partial charge in [-0.25, -0.2) is 4.98 Å². The standard InChI is InChI=1S/C11H8Cl2N2/c12-9-3-1-8(10(13)7-9)2-4-11-14-5-6-15-11/h1-7H,(H,14,15)/b4-2+. The van der Waals surface area contributed by atoms with Crippen molar-refractivity contribution in [3.05, 3.63) is 52.0 Å². The number of hydrogen-bond acceptors (Lipinski definition) is 1. The molecule has 0 saturated heterocycles. The Morgan fingerprint density at radius 2 is 2.07 bits per heavy atom. The van der Waals surface area contributed by atoms with Gasteiger partial charge in [-0.2, -0.15) is 0 Å². The van der Waals surface area contributed by atoms with Gasteiger partial charge >= 0.3 is 0 Å². The maximum Gasteiger partial charge on any atom is 0.129 e. The molecule has 1 N–H and O–H groups in total. The minimum atomic E-state index is 0.630. The van der Waals surface area contributed by atoms with Gasteiger partial charge in [0.05, 0.1) is 0 Å². The second kappa shape index (κ2) is 4.51. The van der Waals surface area contributed by atoms with Crippen molar-refractivity contribution in [3.8, 4) is 0 Å². The summed E-state index contributed by atoms with van der Waals surface area (Å²) in [5, 5.41) is 1.26. The van der Waals surface area contributed by atoms with Crippen LogP contribution in [0.1, 0.15) is 11.4 Å². The summed E-state index contributed by atoms with van der Waals surface area (Å²) in [7, 11) is 0. The number of halogens is 2. The van der Waals surface area contributed by atoms with Crippen molar-refractivity contribution in [2.75, 3.05) is 0 Å². The summed E-state index contributed by atoms with van der Waals surface area (Å²) in [6.45, 7) is 0. The number of nitrogens with one attached hydrogen (secondary N) is 1. The van der Waals surface area contributed by atoms with Crippen LogP contribution in [-0.4, -0.2) is 9.97 Å². The van der Waals surface area contributed by atoms with Gasteiger partial charge in [-0.1, -0.05) is 29.3 Å². The van der Waals surface area contributed by atoms with Crippen molar-refractivity contribution in [1.82, 2.24) is 9.97 Å². The van der Waals surface area contributed by atoms with Crippen molar-refractivity contribution in [2.24, 2.45) is 0 Å². The molecule has 2 rings (SSSR count). The second-order valence-electron chi connectivity index (χ2n) is 2.97. The zero-order valence-corrected chi connectivity index (χ0v) is 9.26. The van der Waals surface area contributed by atoms with Crippen LogP contribution >= 0.6 is 23.2 Å². The average molecular weight is 239 g/mol. The Labute approximate surface area is 97.6 Å². The zero-order chi connectivity index (χ0) is 10.7. The van der Waals surface area contributed by atoms with E-state index in [0.29, 0.717) is 10.0 Å². The Morgan fingerprint density at radius 3 is 2.73 bits per heavy atom. The van der Waals surface area contributed by atoms with E-state index < -0.39 is 0 Å². The lowest BCUT2D eigenvalue weighted by atomic mass is 10.2. The largest absolute Gasteiger partial charge is 0.345 e. The van der Waals surface area contributed by atoms with E-state index in [1.165, 1.54) is 0 Å². The number of aromatic amines is 1.